The number of hydrogen-bond acceptors (Lipinski definition) is 4. The van der Waals surface area contributed by atoms with Gasteiger partial charge in [-0.2, -0.15) is 47.9 Å². The Morgan fingerprint density at radius 3 is 1.39 bits per heavy atom. The van der Waals surface area contributed by atoms with Gasteiger partial charge in [0.05, 0.1) is 5.75 Å². The molecule has 15 heteroatoms. The first-order chi connectivity index (χ1) is 13.2. The Balaban J connectivity index is 6.66. The topological polar surface area (TPSA) is 60.4 Å². The smallest absolute Gasteiger partial charge is 0.298 e. The first kappa shape index (κ1) is 30.3. The molecule has 188 valence electrons. The van der Waals surface area contributed by atoms with E-state index in [9.17, 15) is 52.7 Å². The van der Waals surface area contributed by atoms with Crippen LogP contribution >= 0.6 is 10.3 Å². The SMILES string of the molecule is CC(C)S(CC(=O)C(C)(C)C)(OS(=O)(=O)C(F)(F)C(F)(F)C(F)(F)C(F)(F)F)C(C)C. The van der Waals surface area contributed by atoms with E-state index in [1.807, 2.05) is 0 Å². The van der Waals surface area contributed by atoms with Crippen molar-refractivity contribution in [3.63, 3.8) is 0 Å². The predicted octanol–water partition coefficient (Wildman–Crippen LogP) is 5.91. The second-order valence-electron chi connectivity index (χ2n) is 8.38. The predicted molar refractivity (Wildman–Crippen MR) is 98.1 cm³/mol. The number of hydrogen-bond donors (Lipinski definition) is 0. The Labute approximate surface area is 176 Å². The highest BCUT2D eigenvalue weighted by molar-refractivity contribution is 8.34. The lowest BCUT2D eigenvalue weighted by molar-refractivity contribution is -0.382. The molecule has 0 aliphatic carbocycles. The van der Waals surface area contributed by atoms with Gasteiger partial charge in [0.1, 0.15) is 5.78 Å². The summed E-state index contributed by atoms with van der Waals surface area (Å²) in [5.41, 5.74) is -1.15. The van der Waals surface area contributed by atoms with Gasteiger partial charge in [-0.1, -0.05) is 48.5 Å². The number of alkyl halides is 9. The van der Waals surface area contributed by atoms with E-state index in [1.165, 1.54) is 48.5 Å². The van der Waals surface area contributed by atoms with Crippen molar-refractivity contribution in [3.8, 4) is 0 Å². The largest absolute Gasteiger partial charge is 0.460 e. The molecule has 0 spiro atoms. The minimum absolute atomic E-state index is 0.712. The summed E-state index contributed by atoms with van der Waals surface area (Å²) in [6, 6.07) is 0. The van der Waals surface area contributed by atoms with Crippen molar-refractivity contribution < 1.29 is 56.4 Å². The summed E-state index contributed by atoms with van der Waals surface area (Å²) >= 11 is 0. The Hall–Kier alpha value is -0.700. The molecule has 0 aromatic carbocycles. The third-order valence-corrected chi connectivity index (χ3v) is 11.0. The molecule has 0 fully saturated rings. The monoisotopic (exact) mass is 516 g/mol. The number of ketones is 1. The number of Topliss-reactive ketones (excluding diaryl/α,β-unsaturated/α-hetero) is 1. The van der Waals surface area contributed by atoms with Crippen molar-refractivity contribution >= 4 is 26.2 Å². The van der Waals surface area contributed by atoms with Crippen molar-refractivity contribution in [1.29, 1.82) is 0 Å². The van der Waals surface area contributed by atoms with Gasteiger partial charge in [0.15, 0.2) is 0 Å². The summed E-state index contributed by atoms with van der Waals surface area (Å²) < 4.78 is 147. The van der Waals surface area contributed by atoms with E-state index >= 15 is 0 Å². The quantitative estimate of drug-likeness (QED) is 0.358. The number of carbonyl (C=O) groups is 1. The Morgan fingerprint density at radius 2 is 1.13 bits per heavy atom. The fraction of sp³-hybridized carbons (Fsp3) is 0.938. The van der Waals surface area contributed by atoms with Gasteiger partial charge in [-0.15, -0.1) is 10.3 Å². The van der Waals surface area contributed by atoms with Crippen molar-refractivity contribution in [2.24, 2.45) is 5.41 Å². The number of carbonyl (C=O) groups excluding carboxylic acids is 1. The average molecular weight is 516 g/mol. The van der Waals surface area contributed by atoms with Crippen LogP contribution in [0.3, 0.4) is 0 Å². The van der Waals surface area contributed by atoms with Crippen molar-refractivity contribution in [3.05, 3.63) is 0 Å². The fourth-order valence-electron chi connectivity index (χ4n) is 2.21. The maximum atomic E-state index is 14.1. The van der Waals surface area contributed by atoms with Crippen LogP contribution in [-0.4, -0.2) is 53.7 Å². The van der Waals surface area contributed by atoms with Crippen LogP contribution in [0.1, 0.15) is 48.5 Å². The molecule has 0 heterocycles. The molecule has 0 aromatic rings. The van der Waals surface area contributed by atoms with Crippen molar-refractivity contribution in [2.75, 3.05) is 5.75 Å². The maximum Gasteiger partial charge on any atom is 0.460 e. The van der Waals surface area contributed by atoms with E-state index in [4.69, 9.17) is 0 Å². The van der Waals surface area contributed by atoms with E-state index in [-0.39, 0.29) is 0 Å². The summed E-state index contributed by atoms with van der Waals surface area (Å²) in [6.07, 6.45) is -7.18. The van der Waals surface area contributed by atoms with E-state index in [2.05, 4.69) is 3.63 Å². The summed E-state index contributed by atoms with van der Waals surface area (Å²) in [6.45, 7) is 9.07. The lowest BCUT2D eigenvalue weighted by Gasteiger charge is -2.47. The van der Waals surface area contributed by atoms with E-state index in [0.717, 1.165) is 0 Å². The zero-order valence-corrected chi connectivity index (χ0v) is 19.3. The molecule has 0 aliphatic rings. The molecular weight excluding hydrogens is 491 g/mol. The first-order valence-electron chi connectivity index (χ1n) is 8.70. The minimum atomic E-state index is -7.40. The molecular formula is C16H25F9O4S2. The zero-order valence-electron chi connectivity index (χ0n) is 17.7. The standard InChI is InChI=1S/C16H25F9O4S2/c1-9(2)30(10(3)4,8-11(26)12(5,6)7)29-31(27,28)16(24,25)14(19,20)13(17,18)15(21,22)23/h9-10H,8H2,1-7H3. The highest BCUT2D eigenvalue weighted by Gasteiger charge is 2.86. The first-order valence-corrected chi connectivity index (χ1v) is 12.0. The zero-order chi connectivity index (χ0) is 25.6. The van der Waals surface area contributed by atoms with Gasteiger partial charge >= 0.3 is 33.4 Å². The van der Waals surface area contributed by atoms with Gasteiger partial charge in [0.2, 0.25) is 0 Å². The Bertz CT molecular complexity index is 759. The van der Waals surface area contributed by atoms with Crippen LogP contribution in [0.2, 0.25) is 0 Å². The van der Waals surface area contributed by atoms with Crippen LogP contribution in [0.4, 0.5) is 39.5 Å². The van der Waals surface area contributed by atoms with Gasteiger partial charge in [-0.25, -0.2) is 3.63 Å². The van der Waals surface area contributed by atoms with Crippen LogP contribution in [-0.2, 0) is 18.5 Å². The molecule has 0 amide bonds. The van der Waals surface area contributed by atoms with Crippen LogP contribution in [0.25, 0.3) is 0 Å². The number of rotatable bonds is 9. The van der Waals surface area contributed by atoms with Crippen molar-refractivity contribution in [1.82, 2.24) is 0 Å². The molecule has 31 heavy (non-hydrogen) atoms. The van der Waals surface area contributed by atoms with Crippen LogP contribution < -0.4 is 0 Å². The van der Waals surface area contributed by atoms with Crippen molar-refractivity contribution in [2.45, 2.75) is 82.2 Å². The van der Waals surface area contributed by atoms with Crippen LogP contribution in [0.15, 0.2) is 0 Å². The molecule has 0 saturated carbocycles. The van der Waals surface area contributed by atoms with E-state index in [0.29, 0.717) is 0 Å². The molecule has 0 unspecified atom stereocenters. The molecule has 0 rings (SSSR count). The second kappa shape index (κ2) is 8.58. The molecule has 0 bridgehead atoms. The Morgan fingerprint density at radius 1 is 0.774 bits per heavy atom. The summed E-state index contributed by atoms with van der Waals surface area (Å²) in [5.74, 6) is -16.3. The average Bonchev–Trinajstić information content (AvgIpc) is 2.50. The third-order valence-electron chi connectivity index (χ3n) is 4.44. The molecule has 0 N–H and O–H groups in total. The lowest BCUT2D eigenvalue weighted by atomic mass is 9.92. The van der Waals surface area contributed by atoms with Gasteiger partial charge in [0.25, 0.3) is 0 Å². The second-order valence-corrected chi connectivity index (χ2v) is 14.1. The highest BCUT2D eigenvalue weighted by Crippen LogP contribution is 2.63. The maximum absolute atomic E-state index is 14.1. The van der Waals surface area contributed by atoms with E-state index in [1.54, 1.807) is 0 Å². The summed E-state index contributed by atoms with van der Waals surface area (Å²) in [7, 11) is -10.6. The molecule has 0 aliphatic heterocycles. The lowest BCUT2D eigenvalue weighted by Crippen LogP contribution is -2.63. The van der Waals surface area contributed by atoms with Crippen LogP contribution in [0.5, 0.6) is 0 Å². The molecule has 0 radical (unpaired) electrons. The third kappa shape index (κ3) is 5.28. The van der Waals surface area contributed by atoms with Gasteiger partial charge < -0.3 is 0 Å². The highest BCUT2D eigenvalue weighted by atomic mass is 32.3. The van der Waals surface area contributed by atoms with E-state index < -0.39 is 71.2 Å². The molecule has 0 aromatic heterocycles. The van der Waals surface area contributed by atoms with Crippen LogP contribution in [0, 0.1) is 5.41 Å². The summed E-state index contributed by atoms with van der Waals surface area (Å²) in [5, 5.41) is -9.08. The molecule has 4 nitrogen and oxygen atoms in total. The molecule has 0 atom stereocenters. The number of halogens is 9. The fourth-order valence-corrected chi connectivity index (χ4v) is 8.37. The van der Waals surface area contributed by atoms with Gasteiger partial charge in [-0.3, -0.25) is 4.79 Å². The molecule has 0 saturated heterocycles. The minimum Gasteiger partial charge on any atom is -0.298 e. The van der Waals surface area contributed by atoms with Gasteiger partial charge in [-0.05, 0) is 0 Å². The normalized spacial score (nSPS) is 16.2. The van der Waals surface area contributed by atoms with Gasteiger partial charge in [0, 0.05) is 15.9 Å². The Kier molecular flexibility index (Phi) is 8.39. The summed E-state index contributed by atoms with van der Waals surface area (Å²) in [4.78, 5) is 12.5.